The Morgan fingerprint density at radius 1 is 1.32 bits per heavy atom. The van der Waals surface area contributed by atoms with Crippen LogP contribution in [0, 0.1) is 5.82 Å². The molecule has 5 rings (SSSR count). The average Bonchev–Trinajstić information content (AvgIpc) is 3.38. The van der Waals surface area contributed by atoms with Crippen molar-refractivity contribution in [2.24, 2.45) is 0 Å². The van der Waals surface area contributed by atoms with Crippen molar-refractivity contribution in [3.05, 3.63) is 63.2 Å². The predicted molar refractivity (Wildman–Crippen MR) is 92.9 cm³/mol. The summed E-state index contributed by atoms with van der Waals surface area (Å²) in [6.45, 7) is 2.22. The van der Waals surface area contributed by atoms with Gasteiger partial charge in [0.15, 0.2) is 0 Å². The molecule has 5 nitrogen and oxygen atoms in total. The molecule has 0 spiro atoms. The highest BCUT2D eigenvalue weighted by Crippen LogP contribution is 2.37. The molecule has 3 aromatic rings. The average molecular weight is 338 g/mol. The Labute approximate surface area is 143 Å². The second kappa shape index (κ2) is 5.52. The smallest absolute Gasteiger partial charge is 0.255 e. The van der Waals surface area contributed by atoms with Gasteiger partial charge < -0.3 is 9.97 Å². The lowest BCUT2D eigenvalue weighted by Crippen LogP contribution is -2.35. The third kappa shape index (κ3) is 2.66. The summed E-state index contributed by atoms with van der Waals surface area (Å²) in [5, 5.41) is 1.03. The van der Waals surface area contributed by atoms with Gasteiger partial charge in [0.2, 0.25) is 0 Å². The van der Waals surface area contributed by atoms with Gasteiger partial charge in [0.1, 0.15) is 11.6 Å². The molecule has 128 valence electrons. The van der Waals surface area contributed by atoms with Gasteiger partial charge in [0, 0.05) is 49.1 Å². The summed E-state index contributed by atoms with van der Waals surface area (Å²) in [6, 6.07) is 4.81. The van der Waals surface area contributed by atoms with Crippen molar-refractivity contribution in [3.8, 4) is 0 Å². The summed E-state index contributed by atoms with van der Waals surface area (Å²) < 4.78 is 13.3. The maximum absolute atomic E-state index is 13.3. The number of rotatable bonds is 3. The molecule has 0 saturated heterocycles. The maximum Gasteiger partial charge on any atom is 0.255 e. The fraction of sp³-hybridized carbons (Fsp3) is 0.368. The Balaban J connectivity index is 1.41. The zero-order chi connectivity index (χ0) is 17.0. The molecule has 0 atom stereocenters. The summed E-state index contributed by atoms with van der Waals surface area (Å²) in [7, 11) is 0. The third-order valence-corrected chi connectivity index (χ3v) is 5.25. The minimum absolute atomic E-state index is 0.0117. The summed E-state index contributed by atoms with van der Waals surface area (Å²) in [5.41, 5.74) is 3.69. The number of fused-ring (bicyclic) bond motifs is 2. The molecule has 0 amide bonds. The van der Waals surface area contributed by atoms with Gasteiger partial charge in [-0.25, -0.2) is 9.37 Å². The highest BCUT2D eigenvalue weighted by molar-refractivity contribution is 5.83. The zero-order valence-electron chi connectivity index (χ0n) is 13.8. The molecule has 1 aliphatic carbocycles. The van der Waals surface area contributed by atoms with Crippen molar-refractivity contribution >= 4 is 10.9 Å². The Bertz CT molecular complexity index is 1020. The Hall–Kier alpha value is -2.47. The molecule has 1 saturated carbocycles. The number of aromatic nitrogens is 3. The van der Waals surface area contributed by atoms with Gasteiger partial charge in [0.05, 0.1) is 11.3 Å². The molecule has 25 heavy (non-hydrogen) atoms. The molecule has 6 heteroatoms. The number of aromatic amines is 2. The monoisotopic (exact) mass is 338 g/mol. The van der Waals surface area contributed by atoms with Crippen molar-refractivity contribution in [2.45, 2.75) is 38.3 Å². The van der Waals surface area contributed by atoms with Crippen LogP contribution in [-0.2, 0) is 19.5 Å². The third-order valence-electron chi connectivity index (χ3n) is 5.25. The second-order valence-electron chi connectivity index (χ2n) is 7.12. The van der Waals surface area contributed by atoms with Crippen LogP contribution in [0.3, 0.4) is 0 Å². The molecule has 1 aromatic carbocycles. The van der Waals surface area contributed by atoms with E-state index in [4.69, 9.17) is 4.98 Å². The maximum atomic E-state index is 13.3. The number of nitrogens with one attached hydrogen (secondary N) is 2. The van der Waals surface area contributed by atoms with Crippen molar-refractivity contribution in [1.29, 1.82) is 0 Å². The molecule has 2 aromatic heterocycles. The Morgan fingerprint density at radius 3 is 3.04 bits per heavy atom. The number of nitrogens with zero attached hydrogens (tertiary/aromatic N) is 2. The molecule has 1 fully saturated rings. The van der Waals surface area contributed by atoms with E-state index in [1.807, 2.05) is 12.3 Å². The molecule has 0 radical (unpaired) electrons. The van der Waals surface area contributed by atoms with Crippen LogP contribution in [0.15, 0.2) is 29.2 Å². The van der Waals surface area contributed by atoms with E-state index in [9.17, 15) is 9.18 Å². The minimum atomic E-state index is -0.239. The molecule has 0 unspecified atom stereocenters. The highest BCUT2D eigenvalue weighted by Gasteiger charge is 2.29. The normalized spacial score (nSPS) is 17.8. The fourth-order valence-electron chi connectivity index (χ4n) is 3.72. The lowest BCUT2D eigenvalue weighted by molar-refractivity contribution is 0.242. The van der Waals surface area contributed by atoms with Crippen LogP contribution in [0.4, 0.5) is 4.39 Å². The van der Waals surface area contributed by atoms with E-state index < -0.39 is 0 Å². The van der Waals surface area contributed by atoms with E-state index in [2.05, 4.69) is 14.9 Å². The van der Waals surface area contributed by atoms with Gasteiger partial charge in [-0.2, -0.15) is 0 Å². The zero-order valence-corrected chi connectivity index (χ0v) is 13.8. The Morgan fingerprint density at radius 2 is 2.20 bits per heavy atom. The highest BCUT2D eigenvalue weighted by atomic mass is 19.1. The van der Waals surface area contributed by atoms with Gasteiger partial charge >= 0.3 is 0 Å². The lowest BCUT2D eigenvalue weighted by atomic mass is 10.1. The molecule has 2 N–H and O–H groups in total. The van der Waals surface area contributed by atoms with Crippen molar-refractivity contribution in [1.82, 2.24) is 19.9 Å². The standard InChI is InChI=1S/C19H19FN4O/c20-13-3-4-14-12(8-21-17(14)7-13)9-24-6-5-16-15(10-24)19(25)23-18(22-16)11-1-2-11/h3-4,7-8,11,21H,1-2,5-6,9-10H2,(H,22,23,25). The van der Waals surface area contributed by atoms with E-state index in [1.165, 1.54) is 12.1 Å². The molecule has 2 aliphatic rings. The van der Waals surface area contributed by atoms with Crippen LogP contribution in [0.25, 0.3) is 10.9 Å². The fourth-order valence-corrected chi connectivity index (χ4v) is 3.72. The van der Waals surface area contributed by atoms with Gasteiger partial charge in [-0.3, -0.25) is 9.69 Å². The van der Waals surface area contributed by atoms with Gasteiger partial charge in [-0.15, -0.1) is 0 Å². The quantitative estimate of drug-likeness (QED) is 0.772. The van der Waals surface area contributed by atoms with Crippen LogP contribution in [0.5, 0.6) is 0 Å². The number of halogens is 1. The molecule has 3 heterocycles. The van der Waals surface area contributed by atoms with Gasteiger partial charge in [-0.05, 0) is 36.6 Å². The van der Waals surface area contributed by atoms with E-state index >= 15 is 0 Å². The first kappa shape index (κ1) is 14.8. The number of H-pyrrole nitrogens is 2. The molecule has 1 aliphatic heterocycles. The first-order valence-electron chi connectivity index (χ1n) is 8.77. The van der Waals surface area contributed by atoms with Crippen LogP contribution in [-0.4, -0.2) is 26.4 Å². The first-order valence-corrected chi connectivity index (χ1v) is 8.77. The van der Waals surface area contributed by atoms with Crippen LogP contribution in [0.1, 0.15) is 41.4 Å². The van der Waals surface area contributed by atoms with Gasteiger partial charge in [-0.1, -0.05) is 0 Å². The number of hydrogen-bond acceptors (Lipinski definition) is 3. The predicted octanol–water partition coefficient (Wildman–Crippen LogP) is 2.83. The van der Waals surface area contributed by atoms with E-state index in [-0.39, 0.29) is 11.4 Å². The van der Waals surface area contributed by atoms with Crippen LogP contribution >= 0.6 is 0 Å². The lowest BCUT2D eigenvalue weighted by Gasteiger charge is -2.27. The first-order chi connectivity index (χ1) is 12.2. The molecular formula is C19H19FN4O. The van der Waals surface area contributed by atoms with E-state index in [0.717, 1.165) is 65.9 Å². The second-order valence-corrected chi connectivity index (χ2v) is 7.12. The van der Waals surface area contributed by atoms with Crippen LogP contribution < -0.4 is 5.56 Å². The molecule has 0 bridgehead atoms. The summed E-state index contributed by atoms with van der Waals surface area (Å²) in [4.78, 5) is 25.5. The topological polar surface area (TPSA) is 64.8 Å². The summed E-state index contributed by atoms with van der Waals surface area (Å²) in [5.74, 6) is 1.09. The van der Waals surface area contributed by atoms with Crippen molar-refractivity contribution < 1.29 is 4.39 Å². The SMILES string of the molecule is O=c1[nH]c(C2CC2)nc2c1CN(Cc1c[nH]c3cc(F)ccc13)CC2. The number of hydrogen-bond donors (Lipinski definition) is 2. The summed E-state index contributed by atoms with van der Waals surface area (Å²) in [6.07, 6.45) is 5.00. The van der Waals surface area contributed by atoms with E-state index in [1.54, 1.807) is 0 Å². The number of benzene rings is 1. The minimum Gasteiger partial charge on any atom is -0.361 e. The van der Waals surface area contributed by atoms with E-state index in [0.29, 0.717) is 12.5 Å². The molecular weight excluding hydrogens is 319 g/mol. The van der Waals surface area contributed by atoms with Crippen LogP contribution in [0.2, 0.25) is 0 Å². The van der Waals surface area contributed by atoms with Gasteiger partial charge in [0.25, 0.3) is 5.56 Å². The van der Waals surface area contributed by atoms with Crippen molar-refractivity contribution in [3.63, 3.8) is 0 Å². The Kier molecular flexibility index (Phi) is 3.28. The largest absolute Gasteiger partial charge is 0.361 e. The summed E-state index contributed by atoms with van der Waals surface area (Å²) >= 11 is 0. The van der Waals surface area contributed by atoms with Crippen molar-refractivity contribution in [2.75, 3.05) is 6.54 Å².